The van der Waals surface area contributed by atoms with E-state index in [9.17, 15) is 0 Å². The lowest BCUT2D eigenvalue weighted by Crippen LogP contribution is -1.87. The van der Waals surface area contributed by atoms with Crippen molar-refractivity contribution in [3.05, 3.63) is 24.5 Å². The smallest absolute Gasteiger partial charge is 0.0873 e. The van der Waals surface area contributed by atoms with Gasteiger partial charge in [0.25, 0.3) is 0 Å². The van der Waals surface area contributed by atoms with Crippen LogP contribution in [0.25, 0.3) is 0 Å². The Balaban J connectivity index is 2.26. The van der Waals surface area contributed by atoms with Gasteiger partial charge in [0.05, 0.1) is 12.9 Å². The summed E-state index contributed by atoms with van der Waals surface area (Å²) in [7, 11) is 0. The van der Waals surface area contributed by atoms with Crippen molar-refractivity contribution in [3.8, 4) is 0 Å². The van der Waals surface area contributed by atoms with Gasteiger partial charge in [-0.3, -0.25) is 0 Å². The molecule has 0 bridgehead atoms. The highest BCUT2D eigenvalue weighted by Gasteiger charge is 1.87. The molecule has 0 unspecified atom stereocenters. The normalized spacial score (nSPS) is 20.0. The fourth-order valence-corrected chi connectivity index (χ4v) is 0.968. The Kier molecular flexibility index (Phi) is 3.76. The molecule has 0 N–H and O–H groups in total. The van der Waals surface area contributed by atoms with Crippen molar-refractivity contribution in [1.82, 2.24) is 0 Å². The molecule has 1 nitrogen and oxygen atoms in total. The number of allylic oxidation sites excluding steroid dienone is 3. The largest absolute Gasteiger partial charge is 0.501 e. The van der Waals surface area contributed by atoms with Crippen LogP contribution in [-0.2, 0) is 4.74 Å². The van der Waals surface area contributed by atoms with Gasteiger partial charge in [0.1, 0.15) is 0 Å². The van der Waals surface area contributed by atoms with Crippen LogP contribution in [0.5, 0.6) is 0 Å². The fourth-order valence-electron chi connectivity index (χ4n) is 0.968. The van der Waals surface area contributed by atoms with Gasteiger partial charge < -0.3 is 4.74 Å². The van der Waals surface area contributed by atoms with Crippen LogP contribution >= 0.6 is 0 Å². The summed E-state index contributed by atoms with van der Waals surface area (Å²) in [6.07, 6.45) is 12.9. The van der Waals surface area contributed by atoms with E-state index in [4.69, 9.17) is 4.74 Å². The second kappa shape index (κ2) is 5.10. The van der Waals surface area contributed by atoms with Crippen LogP contribution in [0.3, 0.4) is 0 Å². The van der Waals surface area contributed by atoms with Crippen LogP contribution in [0.15, 0.2) is 24.5 Å². The summed E-state index contributed by atoms with van der Waals surface area (Å²) in [4.78, 5) is 0. The maximum Gasteiger partial charge on any atom is 0.0873 e. The van der Waals surface area contributed by atoms with Crippen LogP contribution in [-0.4, -0.2) is 6.61 Å². The third kappa shape index (κ3) is 3.33. The molecule has 0 aromatic heterocycles. The molecule has 0 atom stereocenters. The first-order valence-corrected chi connectivity index (χ1v) is 3.93. The minimum absolute atomic E-state index is 0.879. The van der Waals surface area contributed by atoms with E-state index in [-0.39, 0.29) is 0 Å². The minimum atomic E-state index is 0.879. The summed E-state index contributed by atoms with van der Waals surface area (Å²) < 4.78 is 5.18. The maximum absolute atomic E-state index is 5.18. The lowest BCUT2D eigenvalue weighted by atomic mass is 10.2. The molecule has 1 rings (SSSR count). The van der Waals surface area contributed by atoms with Gasteiger partial charge in [0, 0.05) is 0 Å². The summed E-state index contributed by atoms with van der Waals surface area (Å²) in [5, 5.41) is 0. The lowest BCUT2D eigenvalue weighted by Gasteiger charge is -2.00. The van der Waals surface area contributed by atoms with E-state index in [0.29, 0.717) is 0 Å². The number of ether oxygens (including phenoxy) is 1. The molecule has 0 aromatic carbocycles. The van der Waals surface area contributed by atoms with Gasteiger partial charge in [0.15, 0.2) is 0 Å². The summed E-state index contributed by atoms with van der Waals surface area (Å²) in [5.74, 6) is 0. The van der Waals surface area contributed by atoms with Crippen LogP contribution < -0.4 is 0 Å². The summed E-state index contributed by atoms with van der Waals surface area (Å²) in [6.45, 7) is 0.879. The Hall–Kier alpha value is -0.720. The average molecular weight is 138 g/mol. The van der Waals surface area contributed by atoms with E-state index in [0.717, 1.165) is 6.61 Å². The molecular weight excluding hydrogens is 124 g/mol. The zero-order chi connectivity index (χ0) is 7.07. The second-order valence-corrected chi connectivity index (χ2v) is 2.48. The predicted molar refractivity (Wildman–Crippen MR) is 42.7 cm³/mol. The lowest BCUT2D eigenvalue weighted by molar-refractivity contribution is 0.241. The average Bonchev–Trinajstić information content (AvgIpc) is 2.01. The Bertz CT molecular complexity index is 109. The first-order chi connectivity index (χ1) is 5.00. The second-order valence-electron chi connectivity index (χ2n) is 2.48. The molecular formula is C9H14O. The van der Waals surface area contributed by atoms with Gasteiger partial charge in [-0.15, -0.1) is 0 Å². The van der Waals surface area contributed by atoms with Gasteiger partial charge in [-0.05, 0) is 31.8 Å². The van der Waals surface area contributed by atoms with Crippen LogP contribution in [0, 0.1) is 0 Å². The first-order valence-electron chi connectivity index (χ1n) is 3.93. The van der Waals surface area contributed by atoms with Crippen molar-refractivity contribution in [3.63, 3.8) is 0 Å². The maximum atomic E-state index is 5.18. The minimum Gasteiger partial charge on any atom is -0.501 e. The number of rotatable bonds is 0. The van der Waals surface area contributed by atoms with Gasteiger partial charge in [-0.1, -0.05) is 12.2 Å². The molecule has 0 aliphatic carbocycles. The molecule has 0 spiro atoms. The van der Waals surface area contributed by atoms with E-state index in [1.807, 2.05) is 12.2 Å². The molecule has 0 aromatic rings. The third-order valence-corrected chi connectivity index (χ3v) is 1.55. The quantitative estimate of drug-likeness (QED) is 0.500. The summed E-state index contributed by atoms with van der Waals surface area (Å²) in [5.41, 5.74) is 0. The topological polar surface area (TPSA) is 9.23 Å². The predicted octanol–water partition coefficient (Wildman–Crippen LogP) is 2.65. The molecule has 1 heterocycles. The Labute approximate surface area is 62.4 Å². The molecule has 0 amide bonds. The Morgan fingerprint density at radius 1 is 1.00 bits per heavy atom. The number of hydrogen-bond donors (Lipinski definition) is 0. The van der Waals surface area contributed by atoms with E-state index >= 15 is 0 Å². The zero-order valence-corrected chi connectivity index (χ0v) is 6.25. The van der Waals surface area contributed by atoms with Crippen molar-refractivity contribution < 1.29 is 4.74 Å². The van der Waals surface area contributed by atoms with Gasteiger partial charge in [-0.2, -0.15) is 0 Å². The van der Waals surface area contributed by atoms with Crippen molar-refractivity contribution in [1.29, 1.82) is 0 Å². The Morgan fingerprint density at radius 2 is 2.00 bits per heavy atom. The van der Waals surface area contributed by atoms with Crippen LogP contribution in [0.2, 0.25) is 0 Å². The Morgan fingerprint density at radius 3 is 3.00 bits per heavy atom. The SMILES string of the molecule is C1=CCCCCCOC=C1. The molecule has 0 saturated carbocycles. The van der Waals surface area contributed by atoms with Gasteiger partial charge >= 0.3 is 0 Å². The summed E-state index contributed by atoms with van der Waals surface area (Å²) >= 11 is 0. The molecule has 1 aliphatic heterocycles. The standard InChI is InChI=1S/C9H14O/c1-2-4-6-8-10-9-7-5-3-1/h2,4,6,8H,1,3,5,7,9H2. The van der Waals surface area contributed by atoms with E-state index in [1.54, 1.807) is 6.26 Å². The molecule has 56 valence electrons. The molecule has 0 saturated heterocycles. The highest BCUT2D eigenvalue weighted by molar-refractivity contribution is 4.99. The third-order valence-electron chi connectivity index (χ3n) is 1.55. The molecule has 1 aliphatic rings. The molecule has 0 radical (unpaired) electrons. The fraction of sp³-hybridized carbons (Fsp3) is 0.556. The van der Waals surface area contributed by atoms with E-state index in [2.05, 4.69) is 6.08 Å². The highest BCUT2D eigenvalue weighted by atomic mass is 16.5. The molecule has 1 heteroatoms. The van der Waals surface area contributed by atoms with Crippen molar-refractivity contribution in [2.75, 3.05) is 6.61 Å². The van der Waals surface area contributed by atoms with Crippen molar-refractivity contribution >= 4 is 0 Å². The van der Waals surface area contributed by atoms with Crippen molar-refractivity contribution in [2.45, 2.75) is 25.7 Å². The molecule has 0 fully saturated rings. The highest BCUT2D eigenvalue weighted by Crippen LogP contribution is 2.02. The number of hydrogen-bond acceptors (Lipinski definition) is 1. The van der Waals surface area contributed by atoms with Gasteiger partial charge in [-0.25, -0.2) is 0 Å². The zero-order valence-electron chi connectivity index (χ0n) is 6.25. The first kappa shape index (κ1) is 7.39. The van der Waals surface area contributed by atoms with E-state index < -0.39 is 0 Å². The van der Waals surface area contributed by atoms with Crippen molar-refractivity contribution in [2.24, 2.45) is 0 Å². The van der Waals surface area contributed by atoms with E-state index in [1.165, 1.54) is 25.7 Å². The van der Waals surface area contributed by atoms with Crippen LogP contribution in [0.4, 0.5) is 0 Å². The van der Waals surface area contributed by atoms with Gasteiger partial charge in [0.2, 0.25) is 0 Å². The monoisotopic (exact) mass is 138 g/mol. The molecule has 10 heavy (non-hydrogen) atoms. The van der Waals surface area contributed by atoms with Crippen LogP contribution in [0.1, 0.15) is 25.7 Å². The summed E-state index contributed by atoms with van der Waals surface area (Å²) in [6, 6.07) is 0.